The van der Waals surface area contributed by atoms with Crippen LogP contribution in [0, 0.1) is 0 Å². The van der Waals surface area contributed by atoms with Crippen LogP contribution in [0.25, 0.3) is 27.3 Å². The first-order valence-corrected chi connectivity index (χ1v) is 5.44. The molecular weight excluding hydrogens is 461 g/mol. The second-order valence-electron chi connectivity index (χ2n) is 3.97. The molecule has 0 aliphatic heterocycles. The minimum Gasteiger partial charge on any atom is -0.674 e. The van der Waals surface area contributed by atoms with Gasteiger partial charge in [0.2, 0.25) is 0 Å². The largest absolute Gasteiger partial charge is 0.674 e. The Hall–Kier alpha value is 1.45. The molecule has 1 N–H and O–H groups in total. The van der Waals surface area contributed by atoms with Crippen LogP contribution in [0.5, 0.6) is 0 Å². The van der Waals surface area contributed by atoms with E-state index in [0.29, 0.717) is 6.54 Å². The van der Waals surface area contributed by atoms with Crippen LogP contribution in [0.2, 0.25) is 0 Å². The van der Waals surface area contributed by atoms with Gasteiger partial charge in [0.15, 0.2) is 0 Å². The van der Waals surface area contributed by atoms with Gasteiger partial charge >= 0.3 is 0 Å². The Kier molecular flexibility index (Phi) is 10.2. The number of hydrogen-bond acceptors (Lipinski definition) is 0. The van der Waals surface area contributed by atoms with Gasteiger partial charge in [-0.05, 0) is 27.6 Å². The molecule has 3 aromatic carbocycles. The topological polar surface area (TPSA) is 23.8 Å². The molecule has 0 aliphatic rings. The van der Waals surface area contributed by atoms with Crippen molar-refractivity contribution in [3.8, 4) is 0 Å². The van der Waals surface area contributed by atoms with E-state index in [1.54, 1.807) is 0 Å². The Morgan fingerprint density at radius 1 is 0.684 bits per heavy atom. The van der Waals surface area contributed by atoms with Crippen molar-refractivity contribution in [1.82, 2.24) is 0 Å². The molecule has 0 bridgehead atoms. The van der Waals surface area contributed by atoms with E-state index < -0.39 is 0 Å². The summed E-state index contributed by atoms with van der Waals surface area (Å²) < 4.78 is 0. The molecule has 0 heterocycles. The molecular formula is C15H12NY3-. The maximum atomic E-state index is 7.71. The molecule has 0 spiro atoms. The van der Waals surface area contributed by atoms with Gasteiger partial charge in [-0.2, -0.15) is 0 Å². The summed E-state index contributed by atoms with van der Waals surface area (Å²) in [5.41, 5.74) is 8.84. The number of fused-ring (bicyclic) bond motifs is 2. The van der Waals surface area contributed by atoms with E-state index in [4.69, 9.17) is 5.73 Å². The zero-order valence-corrected chi connectivity index (χ0v) is 19.2. The molecule has 0 aromatic heterocycles. The maximum absolute atomic E-state index is 7.71. The van der Waals surface area contributed by atoms with E-state index in [0.717, 1.165) is 5.56 Å². The second kappa shape index (κ2) is 9.47. The maximum Gasteiger partial charge on any atom is 0 e. The van der Waals surface area contributed by atoms with Gasteiger partial charge in [0.25, 0.3) is 0 Å². The Morgan fingerprint density at radius 3 is 1.53 bits per heavy atom. The van der Waals surface area contributed by atoms with Gasteiger partial charge < -0.3 is 5.73 Å². The average Bonchev–Trinajstić information content (AvgIpc) is 2.36. The molecule has 0 amide bonds. The monoisotopic (exact) mass is 473 g/mol. The zero-order chi connectivity index (χ0) is 11.0. The van der Waals surface area contributed by atoms with Crippen molar-refractivity contribution in [2.24, 2.45) is 0 Å². The molecule has 0 atom stereocenters. The van der Waals surface area contributed by atoms with Crippen LogP contribution in [-0.2, 0) is 105 Å². The fourth-order valence-electron chi connectivity index (χ4n) is 2.30. The molecule has 0 aliphatic carbocycles. The third kappa shape index (κ3) is 4.22. The minimum atomic E-state index is 0. The van der Waals surface area contributed by atoms with Crippen molar-refractivity contribution in [2.45, 2.75) is 6.54 Å². The molecule has 4 heteroatoms. The SMILES string of the molecule is [NH-]Cc1c2ccccc2cc2ccccc12.[Y].[Y].[Y]. The van der Waals surface area contributed by atoms with Gasteiger partial charge in [0.05, 0.1) is 0 Å². The van der Waals surface area contributed by atoms with Crippen molar-refractivity contribution in [2.75, 3.05) is 0 Å². The number of benzene rings is 3. The Balaban J connectivity index is 0.00000108. The van der Waals surface area contributed by atoms with Crippen molar-refractivity contribution >= 4 is 21.5 Å². The number of nitrogens with one attached hydrogen (secondary N) is 1. The minimum absolute atomic E-state index is 0. The van der Waals surface area contributed by atoms with Crippen LogP contribution >= 0.6 is 0 Å². The number of hydrogen-bond donors (Lipinski definition) is 0. The summed E-state index contributed by atoms with van der Waals surface area (Å²) in [5.74, 6) is 0. The third-order valence-electron chi connectivity index (χ3n) is 3.06. The van der Waals surface area contributed by atoms with E-state index in [1.165, 1.54) is 21.5 Å². The van der Waals surface area contributed by atoms with Gasteiger partial charge in [0.1, 0.15) is 0 Å². The average molecular weight is 473 g/mol. The first-order valence-electron chi connectivity index (χ1n) is 5.44. The van der Waals surface area contributed by atoms with Gasteiger partial charge in [-0.1, -0.05) is 54.1 Å². The van der Waals surface area contributed by atoms with Crippen LogP contribution < -0.4 is 0 Å². The summed E-state index contributed by atoms with van der Waals surface area (Å²) in [6.45, 7) is 0.335. The van der Waals surface area contributed by atoms with Crippen LogP contribution in [0.1, 0.15) is 5.56 Å². The van der Waals surface area contributed by atoms with Crippen LogP contribution in [0.15, 0.2) is 54.6 Å². The smallest absolute Gasteiger partial charge is 0 e. The summed E-state index contributed by atoms with van der Waals surface area (Å²) in [4.78, 5) is 0. The fraction of sp³-hybridized carbons (Fsp3) is 0.0667. The van der Waals surface area contributed by atoms with E-state index in [2.05, 4.69) is 30.3 Å². The van der Waals surface area contributed by atoms with Gasteiger partial charge in [-0.25, -0.2) is 0 Å². The molecule has 3 rings (SSSR count). The summed E-state index contributed by atoms with van der Waals surface area (Å²) in [6, 6.07) is 18.8. The van der Waals surface area contributed by atoms with Gasteiger partial charge in [0, 0.05) is 98.1 Å². The summed E-state index contributed by atoms with van der Waals surface area (Å²) in [5, 5.41) is 4.86. The van der Waals surface area contributed by atoms with Gasteiger partial charge in [-0.3, -0.25) is 0 Å². The van der Waals surface area contributed by atoms with E-state index in [-0.39, 0.29) is 98.1 Å². The van der Waals surface area contributed by atoms with Crippen molar-refractivity contribution in [3.63, 3.8) is 0 Å². The third-order valence-corrected chi connectivity index (χ3v) is 3.06. The summed E-state index contributed by atoms with van der Waals surface area (Å²) >= 11 is 0. The molecule has 1 nitrogen and oxygen atoms in total. The van der Waals surface area contributed by atoms with Crippen LogP contribution in [-0.4, -0.2) is 0 Å². The Labute approximate surface area is 189 Å². The fourth-order valence-corrected chi connectivity index (χ4v) is 2.30. The second-order valence-corrected chi connectivity index (χ2v) is 3.97. The molecule has 0 fully saturated rings. The molecule has 0 unspecified atom stereocenters. The van der Waals surface area contributed by atoms with E-state index >= 15 is 0 Å². The normalized spacial score (nSPS) is 9.32. The Morgan fingerprint density at radius 2 is 1.11 bits per heavy atom. The Bertz CT molecular complexity index is 614. The summed E-state index contributed by atoms with van der Waals surface area (Å²) in [7, 11) is 0. The first-order chi connectivity index (χ1) is 7.90. The molecule has 3 aromatic rings. The predicted octanol–water partition coefficient (Wildman–Crippen LogP) is 4.54. The van der Waals surface area contributed by atoms with Crippen LogP contribution in [0.4, 0.5) is 0 Å². The molecule has 19 heavy (non-hydrogen) atoms. The molecule has 0 saturated heterocycles. The molecule has 0 saturated carbocycles. The molecule has 3 radical (unpaired) electrons. The van der Waals surface area contributed by atoms with Crippen molar-refractivity contribution in [3.05, 3.63) is 65.9 Å². The first kappa shape index (κ1) is 20.5. The van der Waals surface area contributed by atoms with Crippen molar-refractivity contribution in [1.29, 1.82) is 0 Å². The zero-order valence-electron chi connectivity index (χ0n) is 10.6. The van der Waals surface area contributed by atoms with E-state index in [1.807, 2.05) is 24.3 Å². The standard InChI is InChI=1S/C15H12N.3Y/c16-10-15-13-7-3-1-5-11(13)9-12-6-2-4-8-14(12)15;;;/h1-9,16H,10H2;;;/q-1;;;. The van der Waals surface area contributed by atoms with Crippen LogP contribution in [0.3, 0.4) is 0 Å². The summed E-state index contributed by atoms with van der Waals surface area (Å²) in [6.07, 6.45) is 0. The van der Waals surface area contributed by atoms with Crippen molar-refractivity contribution < 1.29 is 98.1 Å². The van der Waals surface area contributed by atoms with E-state index in [9.17, 15) is 0 Å². The van der Waals surface area contributed by atoms with Gasteiger partial charge in [-0.15, -0.1) is 6.54 Å². The quantitative estimate of drug-likeness (QED) is 0.464. The predicted molar refractivity (Wildman–Crippen MR) is 69.5 cm³/mol. The number of rotatable bonds is 1. The molecule has 87 valence electrons.